The second kappa shape index (κ2) is 5.82. The summed E-state index contributed by atoms with van der Waals surface area (Å²) in [7, 11) is 0. The van der Waals surface area contributed by atoms with Gasteiger partial charge in [0.2, 0.25) is 0 Å². The highest BCUT2D eigenvalue weighted by Gasteiger charge is 2.22. The van der Waals surface area contributed by atoms with Gasteiger partial charge in [0.05, 0.1) is 11.3 Å². The predicted octanol–water partition coefficient (Wildman–Crippen LogP) is 1.99. The van der Waals surface area contributed by atoms with Gasteiger partial charge in [0, 0.05) is 18.9 Å². The van der Waals surface area contributed by atoms with Gasteiger partial charge in [0.1, 0.15) is 5.56 Å². The number of aromatic carboxylic acids is 1. The van der Waals surface area contributed by atoms with Crippen LogP contribution in [0.3, 0.4) is 0 Å². The summed E-state index contributed by atoms with van der Waals surface area (Å²) in [6.45, 7) is 6.10. The van der Waals surface area contributed by atoms with Gasteiger partial charge in [-0.2, -0.15) is 0 Å². The number of hydrogen-bond acceptors (Lipinski definition) is 4. The molecule has 5 heteroatoms. The third kappa shape index (κ3) is 4.33. The first-order valence-electron chi connectivity index (χ1n) is 5.95. The number of carboxylic acid groups (broad SMARTS) is 1. The summed E-state index contributed by atoms with van der Waals surface area (Å²) < 4.78 is 0. The highest BCUT2D eigenvalue weighted by atomic mass is 16.4. The van der Waals surface area contributed by atoms with Gasteiger partial charge in [0.15, 0.2) is 0 Å². The Balaban J connectivity index is 2.71. The molecule has 0 aliphatic rings. The van der Waals surface area contributed by atoms with E-state index in [1.54, 1.807) is 13.0 Å². The molecule has 0 saturated carbocycles. The molecule has 1 atom stereocenters. The van der Waals surface area contributed by atoms with E-state index in [1.807, 2.05) is 13.8 Å². The Hall–Kier alpha value is -1.62. The second-order valence-corrected chi connectivity index (χ2v) is 5.17. The molecule has 1 rings (SSSR count). The Bertz CT molecular complexity index is 416. The van der Waals surface area contributed by atoms with Crippen LogP contribution in [0, 0.1) is 5.92 Å². The van der Waals surface area contributed by atoms with E-state index in [4.69, 9.17) is 5.11 Å². The number of carbonyl (C=O) groups is 1. The van der Waals surface area contributed by atoms with Crippen LogP contribution in [-0.2, 0) is 0 Å². The molecule has 0 fully saturated rings. The molecule has 0 amide bonds. The van der Waals surface area contributed by atoms with Crippen LogP contribution in [0.25, 0.3) is 0 Å². The number of rotatable bonds is 6. The van der Waals surface area contributed by atoms with Gasteiger partial charge in [0.25, 0.3) is 0 Å². The van der Waals surface area contributed by atoms with Crippen molar-refractivity contribution >= 4 is 11.7 Å². The number of carboxylic acids is 1. The van der Waals surface area contributed by atoms with Crippen LogP contribution in [0.2, 0.25) is 0 Å². The van der Waals surface area contributed by atoms with Gasteiger partial charge in [-0.15, -0.1) is 0 Å². The average molecular weight is 252 g/mol. The van der Waals surface area contributed by atoms with Crippen molar-refractivity contribution in [2.75, 3.05) is 11.9 Å². The van der Waals surface area contributed by atoms with Crippen molar-refractivity contribution < 1.29 is 15.0 Å². The van der Waals surface area contributed by atoms with Crippen LogP contribution in [0.15, 0.2) is 18.5 Å². The number of anilines is 1. The van der Waals surface area contributed by atoms with E-state index in [0.717, 1.165) is 0 Å². The van der Waals surface area contributed by atoms with E-state index in [1.165, 1.54) is 12.4 Å². The van der Waals surface area contributed by atoms with E-state index in [-0.39, 0.29) is 5.56 Å². The minimum absolute atomic E-state index is 0.109. The number of aliphatic hydroxyl groups is 1. The lowest BCUT2D eigenvalue weighted by Gasteiger charge is -2.26. The van der Waals surface area contributed by atoms with Crippen LogP contribution in [0.5, 0.6) is 0 Å². The van der Waals surface area contributed by atoms with Crippen molar-refractivity contribution in [1.29, 1.82) is 0 Å². The largest absolute Gasteiger partial charge is 0.478 e. The lowest BCUT2D eigenvalue weighted by molar-refractivity contribution is 0.0513. The molecule has 0 radical (unpaired) electrons. The average Bonchev–Trinajstić information content (AvgIpc) is 2.25. The fraction of sp³-hybridized carbons (Fsp3) is 0.538. The maximum Gasteiger partial charge on any atom is 0.339 e. The molecule has 0 aromatic carbocycles. The van der Waals surface area contributed by atoms with Gasteiger partial charge < -0.3 is 15.5 Å². The minimum atomic E-state index is -1.03. The minimum Gasteiger partial charge on any atom is -0.478 e. The molecule has 1 aromatic heterocycles. The van der Waals surface area contributed by atoms with E-state index in [9.17, 15) is 9.90 Å². The number of pyridine rings is 1. The lowest BCUT2D eigenvalue weighted by Crippen LogP contribution is -2.35. The quantitative estimate of drug-likeness (QED) is 0.721. The monoisotopic (exact) mass is 252 g/mol. The lowest BCUT2D eigenvalue weighted by atomic mass is 9.94. The van der Waals surface area contributed by atoms with Gasteiger partial charge in [-0.1, -0.05) is 13.8 Å². The van der Waals surface area contributed by atoms with Crippen molar-refractivity contribution in [2.45, 2.75) is 32.8 Å². The fourth-order valence-corrected chi connectivity index (χ4v) is 1.96. The highest BCUT2D eigenvalue weighted by Crippen LogP contribution is 2.19. The number of nitrogens with zero attached hydrogens (tertiary/aromatic N) is 1. The summed E-state index contributed by atoms with van der Waals surface area (Å²) in [4.78, 5) is 14.8. The molecule has 100 valence electrons. The van der Waals surface area contributed by atoms with E-state index in [2.05, 4.69) is 10.3 Å². The van der Waals surface area contributed by atoms with Crippen LogP contribution >= 0.6 is 0 Å². The molecule has 3 N–H and O–H groups in total. The summed E-state index contributed by atoms with van der Waals surface area (Å²) in [5, 5.41) is 22.1. The Kier molecular flexibility index (Phi) is 4.67. The topological polar surface area (TPSA) is 82.5 Å². The van der Waals surface area contributed by atoms with E-state index in [0.29, 0.717) is 24.6 Å². The predicted molar refractivity (Wildman–Crippen MR) is 69.8 cm³/mol. The van der Waals surface area contributed by atoms with E-state index >= 15 is 0 Å². The number of hydrogen-bond donors (Lipinski definition) is 3. The molecule has 18 heavy (non-hydrogen) atoms. The summed E-state index contributed by atoms with van der Waals surface area (Å²) in [5.74, 6) is -0.660. The van der Waals surface area contributed by atoms with Crippen LogP contribution < -0.4 is 5.32 Å². The van der Waals surface area contributed by atoms with Crippen molar-refractivity contribution in [3.8, 4) is 0 Å². The maximum absolute atomic E-state index is 11.0. The normalized spacial score (nSPS) is 14.3. The Labute approximate surface area is 107 Å². The Morgan fingerprint density at radius 3 is 2.78 bits per heavy atom. The first-order valence-corrected chi connectivity index (χ1v) is 5.95. The third-order valence-electron chi connectivity index (χ3n) is 2.56. The first kappa shape index (κ1) is 14.4. The van der Waals surface area contributed by atoms with Gasteiger partial charge in [-0.05, 0) is 25.3 Å². The van der Waals surface area contributed by atoms with Gasteiger partial charge >= 0.3 is 5.97 Å². The van der Waals surface area contributed by atoms with Crippen molar-refractivity contribution in [3.63, 3.8) is 0 Å². The van der Waals surface area contributed by atoms with Crippen molar-refractivity contribution in [1.82, 2.24) is 4.98 Å². The molecule has 0 aliphatic heterocycles. The Morgan fingerprint density at radius 1 is 1.56 bits per heavy atom. The van der Waals surface area contributed by atoms with Gasteiger partial charge in [-0.25, -0.2) is 4.79 Å². The van der Waals surface area contributed by atoms with Crippen LogP contribution in [-0.4, -0.2) is 33.3 Å². The zero-order chi connectivity index (χ0) is 13.8. The molecule has 0 aliphatic carbocycles. The molecule has 1 heterocycles. The number of nitrogens with one attached hydrogen (secondary N) is 1. The van der Waals surface area contributed by atoms with Crippen molar-refractivity contribution in [3.05, 3.63) is 24.0 Å². The smallest absolute Gasteiger partial charge is 0.339 e. The molecule has 1 aromatic rings. The van der Waals surface area contributed by atoms with E-state index < -0.39 is 11.6 Å². The first-order chi connectivity index (χ1) is 8.32. The molecular formula is C13H20N2O3. The summed E-state index contributed by atoms with van der Waals surface area (Å²) in [6.07, 6.45) is 3.46. The van der Waals surface area contributed by atoms with Gasteiger partial charge in [-0.3, -0.25) is 4.98 Å². The molecule has 0 bridgehead atoms. The number of aromatic nitrogens is 1. The van der Waals surface area contributed by atoms with Crippen LogP contribution in [0.4, 0.5) is 5.69 Å². The SMILES string of the molecule is CC(C)CC(C)(O)CNc1ccncc1C(=O)O. The standard InChI is InChI=1S/C13H20N2O3/c1-9(2)6-13(3,18)8-15-11-4-5-14-7-10(11)12(16)17/h4-5,7,9,18H,6,8H2,1-3H3,(H,14,15)(H,16,17). The summed E-state index contributed by atoms with van der Waals surface area (Å²) >= 11 is 0. The maximum atomic E-state index is 11.0. The second-order valence-electron chi connectivity index (χ2n) is 5.17. The zero-order valence-electron chi connectivity index (χ0n) is 11.0. The fourth-order valence-electron chi connectivity index (χ4n) is 1.96. The summed E-state index contributed by atoms with van der Waals surface area (Å²) in [5.41, 5.74) is -0.285. The molecule has 0 spiro atoms. The molecule has 5 nitrogen and oxygen atoms in total. The van der Waals surface area contributed by atoms with Crippen LogP contribution in [0.1, 0.15) is 37.6 Å². The molecule has 0 saturated heterocycles. The third-order valence-corrected chi connectivity index (χ3v) is 2.56. The van der Waals surface area contributed by atoms with Crippen molar-refractivity contribution in [2.24, 2.45) is 5.92 Å². The highest BCUT2D eigenvalue weighted by molar-refractivity contribution is 5.93. The Morgan fingerprint density at radius 2 is 2.22 bits per heavy atom. The molecular weight excluding hydrogens is 232 g/mol. The summed E-state index contributed by atoms with van der Waals surface area (Å²) in [6, 6.07) is 1.59. The molecule has 1 unspecified atom stereocenters. The zero-order valence-corrected chi connectivity index (χ0v) is 11.0.